The second-order valence-electron chi connectivity index (χ2n) is 5.43. The second kappa shape index (κ2) is 5.87. The Balaban J connectivity index is 1.67. The molecule has 1 saturated heterocycles. The van der Waals surface area contributed by atoms with Crippen molar-refractivity contribution in [2.24, 2.45) is 0 Å². The first-order valence-corrected chi connectivity index (χ1v) is 9.25. The van der Waals surface area contributed by atoms with Gasteiger partial charge in [0.05, 0.1) is 13.2 Å². The predicted molar refractivity (Wildman–Crippen MR) is 103 cm³/mol. The highest BCUT2D eigenvalue weighted by atomic mass is 127. The fourth-order valence-corrected chi connectivity index (χ4v) is 5.90. The van der Waals surface area contributed by atoms with Gasteiger partial charge in [-0.2, -0.15) is 0 Å². The second-order valence-corrected chi connectivity index (χ2v) is 7.75. The highest BCUT2D eigenvalue weighted by molar-refractivity contribution is 14.1. The van der Waals surface area contributed by atoms with E-state index in [1.807, 2.05) is 47.4 Å². The number of carbonyl (C=O) groups is 1. The number of amides is 1. The van der Waals surface area contributed by atoms with Crippen molar-refractivity contribution in [2.45, 2.75) is 11.3 Å². The number of hydrogen-bond acceptors (Lipinski definition) is 3. The van der Waals surface area contributed by atoms with Crippen molar-refractivity contribution < 1.29 is 9.53 Å². The molecule has 2 aliphatic rings. The third kappa shape index (κ3) is 2.37. The molecule has 3 nitrogen and oxygen atoms in total. The van der Waals surface area contributed by atoms with Gasteiger partial charge in [0.15, 0.2) is 0 Å². The number of thioether (sulfide) groups is 1. The minimum absolute atomic E-state index is 0.0132. The van der Waals surface area contributed by atoms with Crippen LogP contribution < -0.4 is 9.64 Å². The van der Waals surface area contributed by atoms with Crippen molar-refractivity contribution in [1.82, 2.24) is 0 Å². The lowest BCUT2D eigenvalue weighted by Gasteiger charge is -2.43. The fraction of sp³-hybridized carbons (Fsp3) is 0.167. The van der Waals surface area contributed by atoms with Gasteiger partial charge in [-0.05, 0) is 52.4 Å². The van der Waals surface area contributed by atoms with Gasteiger partial charge in [0.2, 0.25) is 5.91 Å². The van der Waals surface area contributed by atoms with Gasteiger partial charge in [-0.3, -0.25) is 4.79 Å². The molecule has 0 spiro atoms. The minimum Gasteiger partial charge on any atom is -0.497 e. The van der Waals surface area contributed by atoms with Crippen molar-refractivity contribution in [3.63, 3.8) is 0 Å². The maximum Gasteiger partial charge on any atom is 0.243 e. The molecule has 0 unspecified atom stereocenters. The van der Waals surface area contributed by atoms with Gasteiger partial charge in [-0.15, -0.1) is 11.8 Å². The van der Waals surface area contributed by atoms with E-state index in [9.17, 15) is 4.79 Å². The minimum atomic E-state index is 0.0132. The molecular weight excluding hydrogens is 421 g/mol. The lowest BCUT2D eigenvalue weighted by atomic mass is 9.98. The molecule has 0 bridgehead atoms. The number of hydrogen-bond donors (Lipinski definition) is 0. The number of benzene rings is 2. The number of methoxy groups -OCH3 is 1. The van der Waals surface area contributed by atoms with Crippen molar-refractivity contribution in [2.75, 3.05) is 12.0 Å². The van der Waals surface area contributed by atoms with E-state index in [0.717, 1.165) is 11.4 Å². The van der Waals surface area contributed by atoms with Crippen molar-refractivity contribution in [3.8, 4) is 5.75 Å². The van der Waals surface area contributed by atoms with E-state index >= 15 is 0 Å². The van der Waals surface area contributed by atoms with Crippen molar-refractivity contribution in [3.05, 3.63) is 63.7 Å². The zero-order chi connectivity index (χ0) is 16.0. The molecule has 2 atom stereocenters. The van der Waals surface area contributed by atoms with Gasteiger partial charge in [0, 0.05) is 14.2 Å². The van der Waals surface area contributed by atoms with E-state index in [-0.39, 0.29) is 17.2 Å². The van der Waals surface area contributed by atoms with E-state index in [1.54, 1.807) is 18.9 Å². The molecule has 23 heavy (non-hydrogen) atoms. The van der Waals surface area contributed by atoms with Crippen LogP contribution >= 0.6 is 34.4 Å². The Morgan fingerprint density at radius 2 is 1.78 bits per heavy atom. The standard InChI is InChI=1S/C18H14INO2S/c1-22-13-9-7-12(8-10-13)20-15-14(19)16(23-17(15)18(20)21)11-5-3-2-4-6-11/h2-10,15,17H,1H3/t15-,17+/m1/s1. The summed E-state index contributed by atoms with van der Waals surface area (Å²) in [5.74, 6) is 0.986. The van der Waals surface area contributed by atoms with Crippen LogP contribution in [0.5, 0.6) is 5.75 Å². The molecule has 2 heterocycles. The van der Waals surface area contributed by atoms with E-state index in [4.69, 9.17) is 4.74 Å². The van der Waals surface area contributed by atoms with Gasteiger partial charge in [0.1, 0.15) is 11.0 Å². The maximum absolute atomic E-state index is 12.6. The number of nitrogens with zero attached hydrogens (tertiary/aromatic N) is 1. The summed E-state index contributed by atoms with van der Waals surface area (Å²) in [6.07, 6.45) is 0. The average molecular weight is 435 g/mol. The Morgan fingerprint density at radius 1 is 1.09 bits per heavy atom. The fourth-order valence-electron chi connectivity index (χ4n) is 2.97. The van der Waals surface area contributed by atoms with Crippen LogP contribution in [0.3, 0.4) is 0 Å². The zero-order valence-electron chi connectivity index (χ0n) is 12.4. The molecule has 0 aliphatic carbocycles. The van der Waals surface area contributed by atoms with E-state index in [1.165, 1.54) is 14.0 Å². The van der Waals surface area contributed by atoms with Crippen LogP contribution in [0.2, 0.25) is 0 Å². The quantitative estimate of drug-likeness (QED) is 0.531. The first-order chi connectivity index (χ1) is 11.2. The van der Waals surface area contributed by atoms with Crippen LogP contribution in [-0.4, -0.2) is 24.3 Å². The number of rotatable bonds is 3. The molecular formula is C18H14INO2S. The topological polar surface area (TPSA) is 29.5 Å². The van der Waals surface area contributed by atoms with Gasteiger partial charge < -0.3 is 9.64 Å². The molecule has 2 aromatic carbocycles. The summed E-state index contributed by atoms with van der Waals surface area (Å²) < 4.78 is 6.44. The summed E-state index contributed by atoms with van der Waals surface area (Å²) in [5.41, 5.74) is 2.12. The van der Waals surface area contributed by atoms with Crippen LogP contribution in [0, 0.1) is 0 Å². The summed E-state index contributed by atoms with van der Waals surface area (Å²) in [7, 11) is 1.64. The number of halogens is 1. The number of carbonyl (C=O) groups excluding carboxylic acids is 1. The van der Waals surface area contributed by atoms with Crippen LogP contribution in [0.15, 0.2) is 58.2 Å². The van der Waals surface area contributed by atoms with E-state index in [0.29, 0.717) is 0 Å². The average Bonchev–Trinajstić information content (AvgIpc) is 2.89. The van der Waals surface area contributed by atoms with Crippen molar-refractivity contribution >= 4 is 50.9 Å². The summed E-state index contributed by atoms with van der Waals surface area (Å²) >= 11 is 4.09. The van der Waals surface area contributed by atoms with Gasteiger partial charge >= 0.3 is 0 Å². The molecule has 0 saturated carbocycles. The SMILES string of the molecule is COc1ccc(N2C(=O)[C@H]3SC(c4ccccc4)=C(I)[C@H]32)cc1. The molecule has 2 aliphatic heterocycles. The number of fused-ring (bicyclic) bond motifs is 1. The Morgan fingerprint density at radius 3 is 2.43 bits per heavy atom. The Hall–Kier alpha value is -1.47. The number of anilines is 1. The molecule has 2 aromatic rings. The monoisotopic (exact) mass is 435 g/mol. The normalized spacial score (nSPS) is 22.9. The van der Waals surface area contributed by atoms with Gasteiger partial charge in [-0.1, -0.05) is 30.3 Å². The first kappa shape index (κ1) is 15.1. The molecule has 116 valence electrons. The first-order valence-electron chi connectivity index (χ1n) is 7.29. The summed E-state index contributed by atoms with van der Waals surface area (Å²) in [6.45, 7) is 0. The largest absolute Gasteiger partial charge is 0.497 e. The van der Waals surface area contributed by atoms with Crippen LogP contribution in [0.4, 0.5) is 5.69 Å². The van der Waals surface area contributed by atoms with Gasteiger partial charge in [-0.25, -0.2) is 0 Å². The van der Waals surface area contributed by atoms with Gasteiger partial charge in [0.25, 0.3) is 0 Å². The number of β-lactam (4-membered cyclic amide) rings is 1. The lowest BCUT2D eigenvalue weighted by Crippen LogP contribution is -2.62. The highest BCUT2D eigenvalue weighted by Crippen LogP contribution is 2.54. The third-order valence-electron chi connectivity index (χ3n) is 4.15. The van der Waals surface area contributed by atoms with E-state index in [2.05, 4.69) is 34.7 Å². The molecule has 1 amide bonds. The molecule has 0 aromatic heterocycles. The van der Waals surface area contributed by atoms with Crippen LogP contribution in [-0.2, 0) is 4.79 Å². The molecule has 0 radical (unpaired) electrons. The highest BCUT2D eigenvalue weighted by Gasteiger charge is 2.54. The third-order valence-corrected chi connectivity index (χ3v) is 7.10. The summed E-state index contributed by atoms with van der Waals surface area (Å²) in [6, 6.07) is 18.1. The van der Waals surface area contributed by atoms with Crippen molar-refractivity contribution in [1.29, 1.82) is 0 Å². The van der Waals surface area contributed by atoms with Crippen LogP contribution in [0.1, 0.15) is 5.56 Å². The Bertz CT molecular complexity index is 788. The van der Waals surface area contributed by atoms with E-state index < -0.39 is 0 Å². The molecule has 0 N–H and O–H groups in total. The molecule has 5 heteroatoms. The summed E-state index contributed by atoms with van der Waals surface area (Å²) in [5, 5.41) is 0.0132. The zero-order valence-corrected chi connectivity index (χ0v) is 15.4. The van der Waals surface area contributed by atoms with Crippen LogP contribution in [0.25, 0.3) is 4.91 Å². The maximum atomic E-state index is 12.6. The lowest BCUT2D eigenvalue weighted by molar-refractivity contribution is -0.122. The molecule has 1 fully saturated rings. The Kier molecular flexibility index (Phi) is 3.85. The smallest absolute Gasteiger partial charge is 0.243 e. The summed E-state index contributed by atoms with van der Waals surface area (Å²) in [4.78, 5) is 15.7. The molecule has 4 rings (SSSR count). The Labute approximate surface area is 152 Å². The number of ether oxygens (including phenoxy) is 1. The predicted octanol–water partition coefficient (Wildman–Crippen LogP) is 4.33.